The second-order valence-corrected chi connectivity index (χ2v) is 5.54. The lowest BCUT2D eigenvalue weighted by Gasteiger charge is -2.06. The van der Waals surface area contributed by atoms with Gasteiger partial charge in [0.05, 0.1) is 7.11 Å². The molecule has 24 heavy (non-hydrogen) atoms. The lowest BCUT2D eigenvalue weighted by Crippen LogP contribution is -2.22. The van der Waals surface area contributed by atoms with Gasteiger partial charge in [-0.2, -0.15) is 0 Å². The number of amides is 1. The van der Waals surface area contributed by atoms with E-state index in [0.717, 1.165) is 11.3 Å². The van der Waals surface area contributed by atoms with Crippen molar-refractivity contribution in [3.8, 4) is 5.75 Å². The molecule has 1 N–H and O–H groups in total. The summed E-state index contributed by atoms with van der Waals surface area (Å²) in [6.07, 6.45) is 1.41. The van der Waals surface area contributed by atoms with E-state index in [1.54, 1.807) is 26.2 Å². The number of Topliss-reactive ketones (excluding diaryl/α,β-unsaturated/α-hetero) is 1. The highest BCUT2D eigenvalue weighted by atomic mass is 19.1. The van der Waals surface area contributed by atoms with Gasteiger partial charge in [-0.25, -0.2) is 4.39 Å². The van der Waals surface area contributed by atoms with Crippen LogP contribution in [-0.4, -0.2) is 18.8 Å². The van der Waals surface area contributed by atoms with E-state index in [1.165, 1.54) is 6.07 Å². The van der Waals surface area contributed by atoms with Gasteiger partial charge < -0.3 is 10.1 Å². The molecule has 0 radical (unpaired) electrons. The molecule has 0 heterocycles. The van der Waals surface area contributed by atoms with Crippen LogP contribution in [0.3, 0.4) is 0 Å². The minimum atomic E-state index is -0.715. The largest absolute Gasteiger partial charge is 0.497 e. The second kappa shape index (κ2) is 8.24. The molecule has 0 fully saturated rings. The van der Waals surface area contributed by atoms with Gasteiger partial charge >= 0.3 is 0 Å². The maximum absolute atomic E-state index is 13.4. The number of methoxy groups -OCH3 is 1. The summed E-state index contributed by atoms with van der Waals surface area (Å²) in [5.74, 6) is -0.864. The van der Waals surface area contributed by atoms with Crippen LogP contribution in [0, 0.1) is 12.7 Å². The summed E-state index contributed by atoms with van der Waals surface area (Å²) in [7, 11) is 1.60. The average Bonchev–Trinajstić information content (AvgIpc) is 2.58. The van der Waals surface area contributed by atoms with E-state index in [9.17, 15) is 14.0 Å². The summed E-state index contributed by atoms with van der Waals surface area (Å²) >= 11 is 0. The third-order valence-electron chi connectivity index (χ3n) is 3.71. The average molecular weight is 329 g/mol. The van der Waals surface area contributed by atoms with Crippen molar-refractivity contribution >= 4 is 17.4 Å². The van der Waals surface area contributed by atoms with Crippen molar-refractivity contribution < 1.29 is 18.7 Å². The molecule has 5 heteroatoms. The number of ketones is 1. The Kier molecular flexibility index (Phi) is 6.07. The quantitative estimate of drug-likeness (QED) is 0.789. The second-order valence-electron chi connectivity index (χ2n) is 5.54. The standard InChI is InChI=1S/C19H20FNO3/c1-13-6-9-15(12-17(13)20)21-19(23)18(22)5-3-4-14-7-10-16(24-2)11-8-14/h6-12H,3-5H2,1-2H3,(H,21,23). The summed E-state index contributed by atoms with van der Waals surface area (Å²) in [5.41, 5.74) is 1.84. The number of aryl methyl sites for hydroxylation is 2. The van der Waals surface area contributed by atoms with Gasteiger partial charge in [-0.3, -0.25) is 9.59 Å². The highest BCUT2D eigenvalue weighted by Gasteiger charge is 2.14. The molecule has 126 valence electrons. The highest BCUT2D eigenvalue weighted by molar-refractivity contribution is 6.40. The number of hydrogen-bond acceptors (Lipinski definition) is 3. The molecule has 0 saturated carbocycles. The number of carbonyl (C=O) groups is 2. The molecule has 0 aromatic heterocycles. The fourth-order valence-corrected chi connectivity index (χ4v) is 2.23. The SMILES string of the molecule is COc1ccc(CCCC(=O)C(=O)Nc2ccc(C)c(F)c2)cc1. The molecule has 0 saturated heterocycles. The minimum absolute atomic E-state index is 0.145. The van der Waals surface area contributed by atoms with Gasteiger partial charge in [0, 0.05) is 12.1 Å². The smallest absolute Gasteiger partial charge is 0.291 e. The van der Waals surface area contributed by atoms with Crippen molar-refractivity contribution in [3.63, 3.8) is 0 Å². The Morgan fingerprint density at radius 2 is 1.83 bits per heavy atom. The fourth-order valence-electron chi connectivity index (χ4n) is 2.23. The maximum Gasteiger partial charge on any atom is 0.291 e. The summed E-state index contributed by atoms with van der Waals surface area (Å²) < 4.78 is 18.5. The Bertz CT molecular complexity index is 726. The first-order valence-corrected chi connectivity index (χ1v) is 7.73. The Labute approximate surface area is 140 Å². The van der Waals surface area contributed by atoms with Gasteiger partial charge in [-0.1, -0.05) is 18.2 Å². The monoisotopic (exact) mass is 329 g/mol. The summed E-state index contributed by atoms with van der Waals surface area (Å²) in [5, 5.41) is 2.43. The van der Waals surface area contributed by atoms with E-state index in [0.29, 0.717) is 18.4 Å². The summed E-state index contributed by atoms with van der Waals surface area (Å²) in [6, 6.07) is 11.9. The molecule has 0 aliphatic carbocycles. The van der Waals surface area contributed by atoms with Gasteiger partial charge in [0.1, 0.15) is 11.6 Å². The van der Waals surface area contributed by atoms with Crippen molar-refractivity contribution in [2.75, 3.05) is 12.4 Å². The summed E-state index contributed by atoms with van der Waals surface area (Å²) in [6.45, 7) is 1.63. The lowest BCUT2D eigenvalue weighted by atomic mass is 10.1. The molecule has 0 atom stereocenters. The van der Waals surface area contributed by atoms with Crippen LogP contribution in [0.1, 0.15) is 24.0 Å². The van der Waals surface area contributed by atoms with Crippen LogP contribution in [0.25, 0.3) is 0 Å². The lowest BCUT2D eigenvalue weighted by molar-refractivity contribution is -0.134. The number of ether oxygens (including phenoxy) is 1. The van der Waals surface area contributed by atoms with E-state index >= 15 is 0 Å². The molecule has 0 spiro atoms. The molecule has 4 nitrogen and oxygen atoms in total. The zero-order valence-corrected chi connectivity index (χ0v) is 13.8. The van der Waals surface area contributed by atoms with Crippen LogP contribution in [0.2, 0.25) is 0 Å². The molecule has 0 aliphatic rings. The zero-order valence-electron chi connectivity index (χ0n) is 13.8. The van der Waals surface area contributed by atoms with E-state index in [4.69, 9.17) is 4.74 Å². The fraction of sp³-hybridized carbons (Fsp3) is 0.263. The number of hydrogen-bond donors (Lipinski definition) is 1. The molecule has 1 amide bonds. The predicted molar refractivity (Wildman–Crippen MR) is 90.7 cm³/mol. The van der Waals surface area contributed by atoms with Crippen LogP contribution in [-0.2, 0) is 16.0 Å². The first-order valence-electron chi connectivity index (χ1n) is 7.73. The van der Waals surface area contributed by atoms with Crippen LogP contribution in [0.5, 0.6) is 5.75 Å². The van der Waals surface area contributed by atoms with Gasteiger partial charge in [0.15, 0.2) is 0 Å². The molecular weight excluding hydrogens is 309 g/mol. The third-order valence-corrected chi connectivity index (χ3v) is 3.71. The molecule has 2 rings (SSSR count). The normalized spacial score (nSPS) is 10.3. The summed E-state index contributed by atoms with van der Waals surface area (Å²) in [4.78, 5) is 23.7. The number of rotatable bonds is 7. The molecule has 0 aliphatic heterocycles. The van der Waals surface area contributed by atoms with E-state index < -0.39 is 17.5 Å². The Morgan fingerprint density at radius 3 is 2.46 bits per heavy atom. The molecule has 0 bridgehead atoms. The number of carbonyl (C=O) groups excluding carboxylic acids is 2. The topological polar surface area (TPSA) is 55.4 Å². The van der Waals surface area contributed by atoms with Crippen molar-refractivity contribution in [2.45, 2.75) is 26.2 Å². The Hall–Kier alpha value is -2.69. The van der Waals surface area contributed by atoms with Gasteiger partial charge in [-0.15, -0.1) is 0 Å². The van der Waals surface area contributed by atoms with E-state index in [1.807, 2.05) is 24.3 Å². The van der Waals surface area contributed by atoms with Crippen molar-refractivity contribution in [1.82, 2.24) is 0 Å². The third kappa shape index (κ3) is 4.91. The van der Waals surface area contributed by atoms with Crippen molar-refractivity contribution in [2.24, 2.45) is 0 Å². The number of anilines is 1. The van der Waals surface area contributed by atoms with Gasteiger partial charge in [-0.05, 0) is 55.2 Å². The molecular formula is C19H20FNO3. The number of benzene rings is 2. The van der Waals surface area contributed by atoms with Crippen LogP contribution < -0.4 is 10.1 Å². The van der Waals surface area contributed by atoms with Gasteiger partial charge in [0.25, 0.3) is 5.91 Å². The van der Waals surface area contributed by atoms with E-state index in [2.05, 4.69) is 5.32 Å². The van der Waals surface area contributed by atoms with Crippen LogP contribution in [0.4, 0.5) is 10.1 Å². The number of halogens is 1. The Morgan fingerprint density at radius 1 is 1.12 bits per heavy atom. The highest BCUT2D eigenvalue weighted by Crippen LogP contribution is 2.15. The maximum atomic E-state index is 13.4. The van der Waals surface area contributed by atoms with Crippen LogP contribution >= 0.6 is 0 Å². The number of nitrogens with one attached hydrogen (secondary N) is 1. The zero-order chi connectivity index (χ0) is 17.5. The predicted octanol–water partition coefficient (Wildman–Crippen LogP) is 3.67. The van der Waals surface area contributed by atoms with Crippen LogP contribution in [0.15, 0.2) is 42.5 Å². The molecule has 2 aromatic carbocycles. The van der Waals surface area contributed by atoms with Crippen molar-refractivity contribution in [3.05, 3.63) is 59.4 Å². The first-order chi connectivity index (χ1) is 11.5. The minimum Gasteiger partial charge on any atom is -0.497 e. The first kappa shape index (κ1) is 17.7. The molecule has 0 unspecified atom stereocenters. The van der Waals surface area contributed by atoms with Crippen molar-refractivity contribution in [1.29, 1.82) is 0 Å². The Balaban J connectivity index is 1.80. The van der Waals surface area contributed by atoms with Gasteiger partial charge in [0.2, 0.25) is 5.78 Å². The molecule has 2 aromatic rings. The van der Waals surface area contributed by atoms with E-state index in [-0.39, 0.29) is 12.1 Å².